The number of aromatic nitrogens is 4. The van der Waals surface area contributed by atoms with Crippen LogP contribution >= 0.6 is 22.9 Å². The fraction of sp³-hybridized carbons (Fsp3) is 0.353. The number of hydrogen-bond donors (Lipinski definition) is 1. The van der Waals surface area contributed by atoms with Gasteiger partial charge in [0.1, 0.15) is 5.82 Å². The zero-order valence-corrected chi connectivity index (χ0v) is 14.9. The largest absolute Gasteiger partial charge is 0.348 e. The summed E-state index contributed by atoms with van der Waals surface area (Å²) >= 11 is 7.80. The number of H-pyrrole nitrogens is 1. The van der Waals surface area contributed by atoms with Crippen molar-refractivity contribution in [3.63, 3.8) is 0 Å². The summed E-state index contributed by atoms with van der Waals surface area (Å²) in [6.45, 7) is 3.81. The molecule has 24 heavy (non-hydrogen) atoms. The maximum absolute atomic E-state index is 6.18. The molecular weight excluding hydrogens is 342 g/mol. The number of rotatable bonds is 4. The molecule has 0 amide bonds. The fourth-order valence-electron chi connectivity index (χ4n) is 3.19. The van der Waals surface area contributed by atoms with Crippen molar-refractivity contribution in [3.05, 3.63) is 62.8 Å². The third-order valence-corrected chi connectivity index (χ3v) is 5.62. The first-order valence-electron chi connectivity index (χ1n) is 8.07. The van der Waals surface area contributed by atoms with Crippen molar-refractivity contribution in [3.8, 4) is 0 Å². The van der Waals surface area contributed by atoms with Gasteiger partial charge in [-0.3, -0.25) is 4.90 Å². The molecule has 1 aliphatic heterocycles. The molecule has 0 saturated heterocycles. The van der Waals surface area contributed by atoms with Gasteiger partial charge >= 0.3 is 0 Å². The lowest BCUT2D eigenvalue weighted by Gasteiger charge is -2.34. The summed E-state index contributed by atoms with van der Waals surface area (Å²) in [6.07, 6.45) is 5.45. The van der Waals surface area contributed by atoms with Gasteiger partial charge in [0, 0.05) is 42.7 Å². The minimum absolute atomic E-state index is 0.123. The highest BCUT2D eigenvalue weighted by Gasteiger charge is 2.32. The predicted molar refractivity (Wildman–Crippen MR) is 95.3 cm³/mol. The molecule has 5 nitrogen and oxygen atoms in total. The van der Waals surface area contributed by atoms with Gasteiger partial charge in [0.25, 0.3) is 0 Å². The Morgan fingerprint density at radius 2 is 2.25 bits per heavy atom. The van der Waals surface area contributed by atoms with Crippen LogP contribution in [-0.2, 0) is 19.4 Å². The van der Waals surface area contributed by atoms with Gasteiger partial charge in [0.05, 0.1) is 28.1 Å². The minimum Gasteiger partial charge on any atom is -0.348 e. The van der Waals surface area contributed by atoms with Crippen LogP contribution in [0.4, 0.5) is 0 Å². The van der Waals surface area contributed by atoms with Gasteiger partial charge in [-0.2, -0.15) is 0 Å². The quantitative estimate of drug-likeness (QED) is 0.772. The van der Waals surface area contributed by atoms with Crippen molar-refractivity contribution in [1.82, 2.24) is 24.8 Å². The zero-order valence-electron chi connectivity index (χ0n) is 13.4. The lowest BCUT2D eigenvalue weighted by Crippen LogP contribution is -2.35. The molecule has 1 atom stereocenters. The Labute approximate surface area is 149 Å². The zero-order chi connectivity index (χ0) is 16.5. The van der Waals surface area contributed by atoms with E-state index in [0.717, 1.165) is 47.5 Å². The highest BCUT2D eigenvalue weighted by Crippen LogP contribution is 2.38. The second kappa shape index (κ2) is 6.63. The first kappa shape index (κ1) is 15.7. The van der Waals surface area contributed by atoms with Gasteiger partial charge in [-0.05, 0) is 18.2 Å². The summed E-state index contributed by atoms with van der Waals surface area (Å²) in [5, 5.41) is 0. The lowest BCUT2D eigenvalue weighted by atomic mass is 10.0. The van der Waals surface area contributed by atoms with Crippen molar-refractivity contribution in [1.29, 1.82) is 0 Å². The average Bonchev–Trinajstić information content (AvgIpc) is 3.23. The van der Waals surface area contributed by atoms with Crippen LogP contribution in [0.1, 0.15) is 40.7 Å². The fourth-order valence-corrected chi connectivity index (χ4v) is 4.39. The molecule has 1 unspecified atom stereocenters. The molecule has 1 aliphatic rings. The van der Waals surface area contributed by atoms with E-state index in [2.05, 4.69) is 37.8 Å². The molecule has 0 bridgehead atoms. The topological polar surface area (TPSA) is 57.7 Å². The summed E-state index contributed by atoms with van der Waals surface area (Å²) < 4.78 is 0.808. The number of hydrogen-bond acceptors (Lipinski definition) is 5. The molecule has 0 aliphatic carbocycles. The summed E-state index contributed by atoms with van der Waals surface area (Å²) in [6, 6.07) is 6.18. The molecule has 0 saturated carbocycles. The first-order chi connectivity index (χ1) is 11.7. The number of aryl methyl sites for hydroxylation is 1. The van der Waals surface area contributed by atoms with E-state index in [1.165, 1.54) is 10.6 Å². The van der Waals surface area contributed by atoms with E-state index in [1.807, 2.05) is 18.3 Å². The molecule has 124 valence electrons. The molecule has 0 radical (unpaired) electrons. The maximum Gasteiger partial charge on any atom is 0.128 e. The number of nitrogens with one attached hydrogen (secondary N) is 1. The number of thiophene rings is 1. The van der Waals surface area contributed by atoms with E-state index in [9.17, 15) is 0 Å². The van der Waals surface area contributed by atoms with E-state index in [4.69, 9.17) is 11.6 Å². The number of halogens is 1. The Hall–Kier alpha value is -1.76. The molecule has 1 N–H and O–H groups in total. The Morgan fingerprint density at radius 3 is 3.04 bits per heavy atom. The molecular formula is C17H18ClN5S. The summed E-state index contributed by atoms with van der Waals surface area (Å²) in [4.78, 5) is 20.5. The van der Waals surface area contributed by atoms with Crippen LogP contribution in [0.5, 0.6) is 0 Å². The molecule has 4 heterocycles. The van der Waals surface area contributed by atoms with Crippen molar-refractivity contribution in [2.24, 2.45) is 0 Å². The van der Waals surface area contributed by atoms with Crippen molar-refractivity contribution in [2.75, 3.05) is 6.54 Å². The normalized spacial score (nSPS) is 17.8. The summed E-state index contributed by atoms with van der Waals surface area (Å²) in [7, 11) is 0. The van der Waals surface area contributed by atoms with Crippen LogP contribution in [0.25, 0.3) is 0 Å². The molecule has 3 aromatic heterocycles. The van der Waals surface area contributed by atoms with Crippen LogP contribution in [0, 0.1) is 0 Å². The van der Waals surface area contributed by atoms with Gasteiger partial charge in [-0.1, -0.05) is 18.5 Å². The highest BCUT2D eigenvalue weighted by molar-refractivity contribution is 7.16. The SMILES string of the molecule is CCc1nccc(CN2CCc3[nH]cnc3C2c2ccc(Cl)s2)n1. The average molecular weight is 360 g/mol. The smallest absolute Gasteiger partial charge is 0.128 e. The maximum atomic E-state index is 6.18. The van der Waals surface area contributed by atoms with Crippen molar-refractivity contribution < 1.29 is 0 Å². The van der Waals surface area contributed by atoms with E-state index < -0.39 is 0 Å². The molecule has 0 aromatic carbocycles. The molecule has 7 heteroatoms. The van der Waals surface area contributed by atoms with E-state index in [-0.39, 0.29) is 6.04 Å². The highest BCUT2D eigenvalue weighted by atomic mass is 35.5. The van der Waals surface area contributed by atoms with Crippen LogP contribution < -0.4 is 0 Å². The first-order valence-corrected chi connectivity index (χ1v) is 9.26. The van der Waals surface area contributed by atoms with Crippen LogP contribution in [-0.4, -0.2) is 31.4 Å². The molecule has 0 spiro atoms. The number of nitrogens with zero attached hydrogens (tertiary/aromatic N) is 4. The third kappa shape index (κ3) is 2.97. The second-order valence-electron chi connectivity index (χ2n) is 5.85. The molecule has 4 rings (SSSR count). The van der Waals surface area contributed by atoms with Crippen LogP contribution in [0.15, 0.2) is 30.7 Å². The van der Waals surface area contributed by atoms with Crippen LogP contribution in [0.3, 0.4) is 0 Å². The predicted octanol–water partition coefficient (Wildman–Crippen LogP) is 3.62. The minimum atomic E-state index is 0.123. The number of imidazole rings is 1. The Morgan fingerprint density at radius 1 is 1.33 bits per heavy atom. The van der Waals surface area contributed by atoms with Gasteiger partial charge in [0.15, 0.2) is 0 Å². The second-order valence-corrected chi connectivity index (χ2v) is 7.60. The summed E-state index contributed by atoms with van der Waals surface area (Å²) in [5.41, 5.74) is 3.37. The van der Waals surface area contributed by atoms with Crippen molar-refractivity contribution in [2.45, 2.75) is 32.4 Å². The van der Waals surface area contributed by atoms with Crippen molar-refractivity contribution >= 4 is 22.9 Å². The number of fused-ring (bicyclic) bond motifs is 1. The third-order valence-electron chi connectivity index (χ3n) is 4.33. The Balaban J connectivity index is 1.68. The van der Waals surface area contributed by atoms with Gasteiger partial charge in [0.2, 0.25) is 0 Å². The number of aromatic amines is 1. The summed E-state index contributed by atoms with van der Waals surface area (Å²) in [5.74, 6) is 0.890. The standard InChI is InChI=1S/C17H18ClN5S/c1-2-15-19-7-5-11(22-15)9-23-8-6-12-16(21-10-20-12)17(23)13-3-4-14(18)24-13/h3-5,7,10,17H,2,6,8-9H2,1H3,(H,20,21). The monoisotopic (exact) mass is 359 g/mol. The molecule has 3 aromatic rings. The van der Waals surface area contributed by atoms with E-state index in [1.54, 1.807) is 17.7 Å². The Bertz CT molecular complexity index is 843. The Kier molecular flexibility index (Phi) is 4.35. The lowest BCUT2D eigenvalue weighted by molar-refractivity contribution is 0.200. The van der Waals surface area contributed by atoms with E-state index in [0.29, 0.717) is 0 Å². The molecule has 0 fully saturated rings. The van der Waals surface area contributed by atoms with Gasteiger partial charge < -0.3 is 4.98 Å². The van der Waals surface area contributed by atoms with Crippen LogP contribution in [0.2, 0.25) is 4.34 Å². The van der Waals surface area contributed by atoms with Gasteiger partial charge in [-0.15, -0.1) is 11.3 Å². The van der Waals surface area contributed by atoms with Gasteiger partial charge in [-0.25, -0.2) is 15.0 Å². The van der Waals surface area contributed by atoms with E-state index >= 15 is 0 Å².